The van der Waals surface area contributed by atoms with Crippen LogP contribution in [-0.4, -0.2) is 43.9 Å². The Kier molecular flexibility index (Phi) is 3.49. The van der Waals surface area contributed by atoms with Crippen molar-refractivity contribution in [2.75, 3.05) is 13.1 Å². The van der Waals surface area contributed by atoms with Gasteiger partial charge in [-0.2, -0.15) is 0 Å². The molecule has 0 N–H and O–H groups in total. The Hall–Kier alpha value is -2.76. The van der Waals surface area contributed by atoms with Crippen LogP contribution < -0.4 is 0 Å². The van der Waals surface area contributed by atoms with Gasteiger partial charge >= 0.3 is 0 Å². The van der Waals surface area contributed by atoms with Crippen LogP contribution in [-0.2, 0) is 11.3 Å². The summed E-state index contributed by atoms with van der Waals surface area (Å²) in [5.41, 5.74) is 3.04. The second-order valence-corrected chi connectivity index (χ2v) is 5.83. The number of amides is 1. The SMILES string of the molecule is O=C(CCn1nnc2ccccc21)N1CC(c2cccnc2)C1. The fraction of sp³-hybridized carbons (Fsp3) is 0.294. The third-order valence-electron chi connectivity index (χ3n) is 4.35. The number of aromatic nitrogens is 4. The maximum absolute atomic E-state index is 12.3. The average Bonchev–Trinajstić information content (AvgIpc) is 2.96. The molecule has 1 aliphatic heterocycles. The number of nitrogens with zero attached hydrogens (tertiary/aromatic N) is 5. The minimum Gasteiger partial charge on any atom is -0.341 e. The van der Waals surface area contributed by atoms with Gasteiger partial charge in [-0.15, -0.1) is 5.10 Å². The summed E-state index contributed by atoms with van der Waals surface area (Å²) in [6.45, 7) is 2.12. The lowest BCUT2D eigenvalue weighted by Crippen LogP contribution is -2.48. The summed E-state index contributed by atoms with van der Waals surface area (Å²) < 4.78 is 1.80. The molecule has 0 aliphatic carbocycles. The number of carbonyl (C=O) groups excluding carboxylic acids is 1. The lowest BCUT2D eigenvalue weighted by atomic mass is 9.92. The predicted molar refractivity (Wildman–Crippen MR) is 85.7 cm³/mol. The van der Waals surface area contributed by atoms with Crippen molar-refractivity contribution >= 4 is 16.9 Å². The molecule has 6 heteroatoms. The molecule has 1 fully saturated rings. The van der Waals surface area contributed by atoms with Gasteiger partial charge in [0.2, 0.25) is 5.91 Å². The zero-order chi connectivity index (χ0) is 15.6. The molecule has 116 valence electrons. The van der Waals surface area contributed by atoms with Gasteiger partial charge in [0.15, 0.2) is 0 Å². The van der Waals surface area contributed by atoms with E-state index in [-0.39, 0.29) is 5.91 Å². The normalized spacial score (nSPS) is 14.9. The molecule has 1 aliphatic rings. The van der Waals surface area contributed by atoms with E-state index in [4.69, 9.17) is 0 Å². The van der Waals surface area contributed by atoms with E-state index in [2.05, 4.69) is 21.4 Å². The van der Waals surface area contributed by atoms with Crippen LogP contribution in [0.25, 0.3) is 11.0 Å². The fourth-order valence-corrected chi connectivity index (χ4v) is 2.95. The highest BCUT2D eigenvalue weighted by molar-refractivity contribution is 5.78. The van der Waals surface area contributed by atoms with Gasteiger partial charge < -0.3 is 4.90 Å². The number of aryl methyl sites for hydroxylation is 1. The Labute approximate surface area is 133 Å². The summed E-state index contributed by atoms with van der Waals surface area (Å²) in [6, 6.07) is 11.8. The second-order valence-electron chi connectivity index (χ2n) is 5.83. The largest absolute Gasteiger partial charge is 0.341 e. The predicted octanol–water partition coefficient (Wildman–Crippen LogP) is 1.84. The first kappa shape index (κ1) is 13.9. The maximum Gasteiger partial charge on any atom is 0.224 e. The van der Waals surface area contributed by atoms with Crippen LogP contribution in [0.3, 0.4) is 0 Å². The smallest absolute Gasteiger partial charge is 0.224 e. The standard InChI is InChI=1S/C17H17N5O/c23-17(21-11-14(12-21)13-4-3-8-18-10-13)7-9-22-16-6-2-1-5-15(16)19-20-22/h1-6,8,10,14H,7,9,11-12H2. The van der Waals surface area contributed by atoms with Crippen LogP contribution >= 0.6 is 0 Å². The van der Waals surface area contributed by atoms with Crippen LogP contribution in [0.15, 0.2) is 48.8 Å². The molecule has 1 amide bonds. The Morgan fingerprint density at radius 2 is 2.04 bits per heavy atom. The second kappa shape index (κ2) is 5.79. The molecule has 4 rings (SSSR count). The zero-order valence-electron chi connectivity index (χ0n) is 12.7. The van der Waals surface area contributed by atoms with E-state index in [1.54, 1.807) is 10.9 Å². The lowest BCUT2D eigenvalue weighted by molar-refractivity contribution is -0.135. The van der Waals surface area contributed by atoms with Gasteiger partial charge in [-0.05, 0) is 23.8 Å². The van der Waals surface area contributed by atoms with Crippen molar-refractivity contribution in [3.8, 4) is 0 Å². The summed E-state index contributed by atoms with van der Waals surface area (Å²) in [5, 5.41) is 8.23. The zero-order valence-corrected chi connectivity index (χ0v) is 12.7. The Morgan fingerprint density at radius 1 is 1.17 bits per heavy atom. The van der Waals surface area contributed by atoms with E-state index >= 15 is 0 Å². The van der Waals surface area contributed by atoms with E-state index in [1.165, 1.54) is 5.56 Å². The molecule has 3 aromatic rings. The number of pyridine rings is 1. The van der Waals surface area contributed by atoms with Crippen molar-refractivity contribution in [1.29, 1.82) is 0 Å². The molecular weight excluding hydrogens is 290 g/mol. The summed E-state index contributed by atoms with van der Waals surface area (Å²) in [7, 11) is 0. The van der Waals surface area contributed by atoms with Gasteiger partial charge in [0.05, 0.1) is 12.1 Å². The van der Waals surface area contributed by atoms with E-state index in [0.29, 0.717) is 18.9 Å². The van der Waals surface area contributed by atoms with Crippen molar-refractivity contribution in [2.45, 2.75) is 18.9 Å². The number of para-hydroxylation sites is 1. The lowest BCUT2D eigenvalue weighted by Gasteiger charge is -2.39. The quantitative estimate of drug-likeness (QED) is 0.738. The third-order valence-corrected chi connectivity index (χ3v) is 4.35. The number of fused-ring (bicyclic) bond motifs is 1. The Bertz CT molecular complexity index is 823. The third kappa shape index (κ3) is 2.67. The molecule has 3 heterocycles. The summed E-state index contributed by atoms with van der Waals surface area (Å²) in [6.07, 6.45) is 4.11. The monoisotopic (exact) mass is 307 g/mol. The number of likely N-dealkylation sites (tertiary alicyclic amines) is 1. The highest BCUT2D eigenvalue weighted by atomic mass is 16.2. The fourth-order valence-electron chi connectivity index (χ4n) is 2.95. The Morgan fingerprint density at radius 3 is 2.87 bits per heavy atom. The van der Waals surface area contributed by atoms with Crippen LogP contribution in [0.5, 0.6) is 0 Å². The van der Waals surface area contributed by atoms with Gasteiger partial charge in [-0.25, -0.2) is 4.68 Å². The van der Waals surface area contributed by atoms with Gasteiger partial charge in [-0.3, -0.25) is 9.78 Å². The van der Waals surface area contributed by atoms with Crippen LogP contribution in [0.1, 0.15) is 17.9 Å². The first-order chi connectivity index (χ1) is 11.3. The van der Waals surface area contributed by atoms with Gasteiger partial charge in [0.1, 0.15) is 5.52 Å². The van der Waals surface area contributed by atoms with Crippen molar-refractivity contribution in [3.05, 3.63) is 54.4 Å². The van der Waals surface area contributed by atoms with Crippen molar-refractivity contribution < 1.29 is 4.79 Å². The van der Waals surface area contributed by atoms with E-state index in [0.717, 1.165) is 24.1 Å². The topological polar surface area (TPSA) is 63.9 Å². The number of carbonyl (C=O) groups is 1. The first-order valence-electron chi connectivity index (χ1n) is 7.77. The molecule has 0 radical (unpaired) electrons. The highest BCUT2D eigenvalue weighted by Gasteiger charge is 2.31. The van der Waals surface area contributed by atoms with Gasteiger partial charge in [-0.1, -0.05) is 23.4 Å². The molecule has 0 unspecified atom stereocenters. The van der Waals surface area contributed by atoms with E-state index < -0.39 is 0 Å². The maximum atomic E-state index is 12.3. The number of benzene rings is 1. The van der Waals surface area contributed by atoms with Crippen molar-refractivity contribution in [2.24, 2.45) is 0 Å². The Balaban J connectivity index is 1.33. The molecule has 0 bridgehead atoms. The molecule has 2 aromatic heterocycles. The molecule has 23 heavy (non-hydrogen) atoms. The number of hydrogen-bond acceptors (Lipinski definition) is 4. The molecular formula is C17H17N5O. The van der Waals surface area contributed by atoms with Gasteiger partial charge in [0.25, 0.3) is 0 Å². The summed E-state index contributed by atoms with van der Waals surface area (Å²) >= 11 is 0. The number of hydrogen-bond donors (Lipinski definition) is 0. The average molecular weight is 307 g/mol. The molecule has 1 aromatic carbocycles. The first-order valence-corrected chi connectivity index (χ1v) is 7.77. The van der Waals surface area contributed by atoms with Gasteiger partial charge in [0, 0.05) is 37.8 Å². The molecule has 0 atom stereocenters. The van der Waals surface area contributed by atoms with E-state index in [1.807, 2.05) is 41.4 Å². The minimum atomic E-state index is 0.171. The molecule has 1 saturated heterocycles. The molecule has 0 saturated carbocycles. The summed E-state index contributed by atoms with van der Waals surface area (Å²) in [4.78, 5) is 18.3. The van der Waals surface area contributed by atoms with Crippen LogP contribution in [0.4, 0.5) is 0 Å². The molecule has 6 nitrogen and oxygen atoms in total. The number of rotatable bonds is 4. The summed E-state index contributed by atoms with van der Waals surface area (Å²) in [5.74, 6) is 0.588. The van der Waals surface area contributed by atoms with Crippen molar-refractivity contribution in [3.63, 3.8) is 0 Å². The minimum absolute atomic E-state index is 0.171. The van der Waals surface area contributed by atoms with Crippen LogP contribution in [0.2, 0.25) is 0 Å². The molecule has 0 spiro atoms. The van der Waals surface area contributed by atoms with Crippen LogP contribution in [0, 0.1) is 0 Å². The van der Waals surface area contributed by atoms with Crippen molar-refractivity contribution in [1.82, 2.24) is 24.9 Å². The highest BCUT2D eigenvalue weighted by Crippen LogP contribution is 2.26. The van der Waals surface area contributed by atoms with E-state index in [9.17, 15) is 4.79 Å².